The molecule has 1 amide bonds. The number of hydrogen-bond donors (Lipinski definition) is 1. The first-order valence-electron chi connectivity index (χ1n) is 11.0. The molecule has 2 aromatic carbocycles. The third kappa shape index (κ3) is 5.57. The quantitative estimate of drug-likeness (QED) is 0.331. The predicted molar refractivity (Wildman–Crippen MR) is 136 cm³/mol. The van der Waals surface area contributed by atoms with Crippen LogP contribution in [0, 0.1) is 13.8 Å². The van der Waals surface area contributed by atoms with Crippen LogP contribution in [0.3, 0.4) is 0 Å². The van der Waals surface area contributed by atoms with E-state index in [1.807, 2.05) is 48.7 Å². The Morgan fingerprint density at radius 3 is 2.48 bits per heavy atom. The van der Waals surface area contributed by atoms with Gasteiger partial charge < -0.3 is 5.32 Å². The van der Waals surface area contributed by atoms with Gasteiger partial charge in [-0.3, -0.25) is 4.79 Å². The Balaban J connectivity index is 1.39. The molecule has 0 aliphatic carbocycles. The fourth-order valence-corrected chi connectivity index (χ4v) is 4.45. The number of halogens is 1. The minimum absolute atomic E-state index is 0.0527. The lowest BCUT2D eigenvalue weighted by Crippen LogP contribution is -2.26. The van der Waals surface area contributed by atoms with Crippen LogP contribution in [-0.4, -0.2) is 33.3 Å². The van der Waals surface area contributed by atoms with Crippen molar-refractivity contribution in [1.82, 2.24) is 19.9 Å². The molecular formula is C26H27ClN4OS. The molecule has 1 N–H and O–H groups in total. The molecule has 33 heavy (non-hydrogen) atoms. The average Bonchev–Trinajstić information content (AvgIpc) is 3.24. The van der Waals surface area contributed by atoms with Crippen LogP contribution in [0.5, 0.6) is 0 Å². The summed E-state index contributed by atoms with van der Waals surface area (Å²) in [6, 6.07) is 18.1. The minimum atomic E-state index is 0.0527. The number of carbonyl (C=O) groups is 1. The normalized spacial score (nSPS) is 11.2. The first-order valence-corrected chi connectivity index (χ1v) is 12.6. The van der Waals surface area contributed by atoms with Gasteiger partial charge in [-0.2, -0.15) is 5.10 Å². The van der Waals surface area contributed by atoms with E-state index in [2.05, 4.69) is 35.8 Å². The molecule has 0 atom stereocenters. The monoisotopic (exact) mass is 478 g/mol. The fourth-order valence-electron chi connectivity index (χ4n) is 3.92. The van der Waals surface area contributed by atoms with Gasteiger partial charge in [0.25, 0.3) is 0 Å². The Bertz CT molecular complexity index is 1270. The molecule has 4 rings (SSSR count). The highest BCUT2D eigenvalue weighted by Crippen LogP contribution is 2.24. The van der Waals surface area contributed by atoms with E-state index in [1.54, 1.807) is 11.8 Å². The number of thioether (sulfide) groups is 1. The molecule has 0 unspecified atom stereocenters. The van der Waals surface area contributed by atoms with Crippen molar-refractivity contribution < 1.29 is 4.79 Å². The van der Waals surface area contributed by atoms with Gasteiger partial charge in [0.05, 0.1) is 5.69 Å². The van der Waals surface area contributed by atoms with Gasteiger partial charge in [-0.15, -0.1) is 11.8 Å². The molecule has 0 fully saturated rings. The topological polar surface area (TPSA) is 59.3 Å². The van der Waals surface area contributed by atoms with Crippen LogP contribution >= 0.6 is 23.4 Å². The van der Waals surface area contributed by atoms with Gasteiger partial charge >= 0.3 is 0 Å². The number of fused-ring (bicyclic) bond motifs is 1. The van der Waals surface area contributed by atoms with Gasteiger partial charge in [-0.05, 0) is 68.3 Å². The van der Waals surface area contributed by atoms with Gasteiger partial charge in [0.1, 0.15) is 0 Å². The van der Waals surface area contributed by atoms with Crippen molar-refractivity contribution in [3.63, 3.8) is 0 Å². The summed E-state index contributed by atoms with van der Waals surface area (Å²) < 4.78 is 1.86. The van der Waals surface area contributed by atoms with Gasteiger partial charge in [-0.1, -0.05) is 35.9 Å². The lowest BCUT2D eigenvalue weighted by molar-refractivity contribution is -0.121. The molecule has 0 radical (unpaired) electrons. The van der Waals surface area contributed by atoms with Crippen molar-refractivity contribution in [2.75, 3.05) is 12.8 Å². The highest BCUT2D eigenvalue weighted by Gasteiger charge is 2.14. The number of aromatic nitrogens is 3. The molecule has 0 bridgehead atoms. The number of amides is 1. The molecule has 0 saturated heterocycles. The van der Waals surface area contributed by atoms with Crippen molar-refractivity contribution in [1.29, 1.82) is 0 Å². The summed E-state index contributed by atoms with van der Waals surface area (Å²) in [5, 5.41) is 8.48. The second-order valence-electron chi connectivity index (χ2n) is 8.02. The van der Waals surface area contributed by atoms with E-state index in [9.17, 15) is 4.79 Å². The lowest BCUT2D eigenvalue weighted by atomic mass is 10.1. The molecule has 4 aromatic rings. The van der Waals surface area contributed by atoms with Crippen LogP contribution in [0.15, 0.2) is 59.5 Å². The van der Waals surface area contributed by atoms with Gasteiger partial charge in [0.2, 0.25) is 5.91 Å². The second-order valence-corrected chi connectivity index (χ2v) is 9.33. The minimum Gasteiger partial charge on any atom is -0.356 e. The number of hydrogen-bond acceptors (Lipinski definition) is 4. The van der Waals surface area contributed by atoms with Crippen LogP contribution in [-0.2, 0) is 17.6 Å². The Hall–Kier alpha value is -2.83. The number of nitrogens with one attached hydrogen (secondary N) is 1. The van der Waals surface area contributed by atoms with Gasteiger partial charge in [0, 0.05) is 45.9 Å². The maximum absolute atomic E-state index is 12.4. The Morgan fingerprint density at radius 1 is 1.06 bits per heavy atom. The summed E-state index contributed by atoms with van der Waals surface area (Å²) in [5.41, 5.74) is 6.88. The Labute approximate surface area is 203 Å². The largest absolute Gasteiger partial charge is 0.356 e. The van der Waals surface area contributed by atoms with Crippen LogP contribution in [0.4, 0.5) is 0 Å². The van der Waals surface area contributed by atoms with Crippen molar-refractivity contribution in [2.24, 2.45) is 0 Å². The fraction of sp³-hybridized carbons (Fsp3) is 0.269. The highest BCUT2D eigenvalue weighted by atomic mass is 35.5. The molecule has 5 nitrogen and oxygen atoms in total. The van der Waals surface area contributed by atoms with Crippen LogP contribution < -0.4 is 5.32 Å². The van der Waals surface area contributed by atoms with E-state index in [-0.39, 0.29) is 5.91 Å². The number of nitrogens with zero attached hydrogens (tertiary/aromatic N) is 3. The SMILES string of the molecule is CSc1ccc(CCNC(=O)CCc2c(C)nc3cc(-c4ccc(Cl)cc4)nn3c2C)cc1. The molecule has 170 valence electrons. The zero-order valence-electron chi connectivity index (χ0n) is 19.1. The second kappa shape index (κ2) is 10.4. The third-order valence-corrected chi connectivity index (χ3v) is 6.80. The molecule has 0 aliphatic heterocycles. The summed E-state index contributed by atoms with van der Waals surface area (Å²) in [4.78, 5) is 18.4. The average molecular weight is 479 g/mol. The number of benzene rings is 2. The molecule has 2 aromatic heterocycles. The van der Waals surface area contributed by atoms with Crippen LogP contribution in [0.1, 0.15) is 28.9 Å². The first kappa shape index (κ1) is 23.3. The van der Waals surface area contributed by atoms with Crippen molar-refractivity contribution in [3.8, 4) is 11.3 Å². The van der Waals surface area contributed by atoms with E-state index in [0.29, 0.717) is 24.4 Å². The molecule has 0 aliphatic rings. The van der Waals surface area contributed by atoms with Crippen molar-refractivity contribution in [2.45, 2.75) is 38.0 Å². The summed E-state index contributed by atoms with van der Waals surface area (Å²) >= 11 is 7.74. The van der Waals surface area contributed by atoms with E-state index in [0.717, 1.165) is 40.3 Å². The van der Waals surface area contributed by atoms with Crippen molar-refractivity contribution in [3.05, 3.63) is 82.1 Å². The zero-order valence-corrected chi connectivity index (χ0v) is 20.6. The number of rotatable bonds is 8. The lowest BCUT2D eigenvalue weighted by Gasteiger charge is -2.11. The summed E-state index contributed by atoms with van der Waals surface area (Å²) in [7, 11) is 0. The van der Waals surface area contributed by atoms with Crippen molar-refractivity contribution >= 4 is 34.9 Å². The van der Waals surface area contributed by atoms with E-state index < -0.39 is 0 Å². The van der Waals surface area contributed by atoms with Crippen LogP contribution in [0.25, 0.3) is 16.9 Å². The van der Waals surface area contributed by atoms with Gasteiger partial charge in [-0.25, -0.2) is 9.50 Å². The molecule has 0 spiro atoms. The first-order chi connectivity index (χ1) is 15.9. The highest BCUT2D eigenvalue weighted by molar-refractivity contribution is 7.98. The summed E-state index contributed by atoms with van der Waals surface area (Å²) in [6.45, 7) is 4.66. The maximum atomic E-state index is 12.4. The maximum Gasteiger partial charge on any atom is 0.220 e. The molecule has 2 heterocycles. The zero-order chi connectivity index (χ0) is 23.4. The third-order valence-electron chi connectivity index (χ3n) is 5.80. The predicted octanol–water partition coefficient (Wildman–Crippen LogP) is 5.68. The number of carbonyl (C=O) groups excluding carboxylic acids is 1. The van der Waals surface area contributed by atoms with Gasteiger partial charge in [0.15, 0.2) is 5.65 Å². The van der Waals surface area contributed by atoms with Crippen LogP contribution in [0.2, 0.25) is 5.02 Å². The number of aryl methyl sites for hydroxylation is 2. The van der Waals surface area contributed by atoms with E-state index in [1.165, 1.54) is 10.5 Å². The standard InChI is InChI=1S/C26H27ClN4OS/c1-17-23(12-13-26(32)28-15-14-19-4-10-22(33-3)11-5-19)18(2)31-25(29-17)16-24(30-31)20-6-8-21(27)9-7-20/h4-11,16H,12-15H2,1-3H3,(H,28,32). The van der Waals surface area contributed by atoms with E-state index >= 15 is 0 Å². The molecule has 7 heteroatoms. The Kier molecular flexibility index (Phi) is 7.36. The smallest absolute Gasteiger partial charge is 0.220 e. The molecular weight excluding hydrogens is 452 g/mol. The summed E-state index contributed by atoms with van der Waals surface area (Å²) in [6.07, 6.45) is 3.94. The summed E-state index contributed by atoms with van der Waals surface area (Å²) in [5.74, 6) is 0.0527. The van der Waals surface area contributed by atoms with E-state index in [4.69, 9.17) is 21.7 Å². The molecule has 0 saturated carbocycles. The Morgan fingerprint density at radius 2 is 1.79 bits per heavy atom.